The smallest absolute Gasteiger partial charge is 0.253 e. The molecule has 1 aromatic heterocycles. The number of carbonyl (C=O) groups excluding carboxylic acids is 1. The monoisotopic (exact) mass is 373 g/mol. The van der Waals surface area contributed by atoms with Crippen molar-refractivity contribution in [3.8, 4) is 0 Å². The van der Waals surface area contributed by atoms with Gasteiger partial charge in [-0.15, -0.1) is 11.8 Å². The van der Waals surface area contributed by atoms with E-state index in [1.54, 1.807) is 11.8 Å². The van der Waals surface area contributed by atoms with Gasteiger partial charge in [0.05, 0.1) is 5.56 Å². The molecule has 4 rings (SSSR count). The maximum atomic E-state index is 13.0. The van der Waals surface area contributed by atoms with E-state index in [0.29, 0.717) is 5.56 Å². The molecule has 134 valence electrons. The Labute approximate surface area is 162 Å². The zero-order chi connectivity index (χ0) is 18.6. The molecule has 0 saturated heterocycles. The number of rotatable bonds is 5. The van der Waals surface area contributed by atoms with Crippen molar-refractivity contribution in [3.05, 3.63) is 102 Å². The van der Waals surface area contributed by atoms with Gasteiger partial charge in [-0.05, 0) is 36.1 Å². The number of hydrogen-bond acceptors (Lipinski definition) is 3. The topological polar surface area (TPSA) is 42.2 Å². The second-order valence-corrected chi connectivity index (χ2v) is 7.05. The molecule has 0 aliphatic heterocycles. The Kier molecular flexibility index (Phi) is 4.99. The van der Waals surface area contributed by atoms with Gasteiger partial charge in [0.1, 0.15) is 17.4 Å². The molecule has 1 N–H and O–H groups in total. The van der Waals surface area contributed by atoms with Crippen LogP contribution >= 0.6 is 11.8 Å². The number of furan rings is 1. The third kappa shape index (κ3) is 3.62. The summed E-state index contributed by atoms with van der Waals surface area (Å²) in [6, 6.07) is 27.0. The minimum absolute atomic E-state index is 0.116. The second kappa shape index (κ2) is 7.72. The van der Waals surface area contributed by atoms with E-state index in [1.807, 2.05) is 91.2 Å². The van der Waals surface area contributed by atoms with Crippen LogP contribution in [0.5, 0.6) is 0 Å². The summed E-state index contributed by atoms with van der Waals surface area (Å²) >= 11 is 1.56. The van der Waals surface area contributed by atoms with Crippen LogP contribution < -0.4 is 5.32 Å². The maximum absolute atomic E-state index is 13.0. The highest BCUT2D eigenvalue weighted by Gasteiger charge is 2.22. The first kappa shape index (κ1) is 17.4. The lowest BCUT2D eigenvalue weighted by Crippen LogP contribution is -2.29. The molecule has 0 saturated carbocycles. The molecule has 0 aliphatic rings. The summed E-state index contributed by atoms with van der Waals surface area (Å²) in [6.45, 7) is 0. The van der Waals surface area contributed by atoms with Crippen LogP contribution in [0, 0.1) is 0 Å². The van der Waals surface area contributed by atoms with Crippen molar-refractivity contribution >= 4 is 28.6 Å². The minimum atomic E-state index is -0.360. The average molecular weight is 373 g/mol. The first-order chi connectivity index (χ1) is 13.3. The van der Waals surface area contributed by atoms with Gasteiger partial charge in [-0.3, -0.25) is 4.79 Å². The van der Waals surface area contributed by atoms with Crippen LogP contribution in [-0.2, 0) is 0 Å². The Balaban J connectivity index is 1.73. The number of nitrogens with one attached hydrogen (secondary N) is 1. The quantitative estimate of drug-likeness (QED) is 0.458. The van der Waals surface area contributed by atoms with Crippen molar-refractivity contribution in [2.45, 2.75) is 10.9 Å². The van der Waals surface area contributed by atoms with Crippen molar-refractivity contribution in [2.24, 2.45) is 0 Å². The molecule has 3 nitrogen and oxygen atoms in total. The highest BCUT2D eigenvalue weighted by Crippen LogP contribution is 2.29. The van der Waals surface area contributed by atoms with E-state index in [-0.39, 0.29) is 11.9 Å². The lowest BCUT2D eigenvalue weighted by Gasteiger charge is -2.18. The third-order valence-electron chi connectivity index (χ3n) is 4.49. The summed E-state index contributed by atoms with van der Waals surface area (Å²) in [5, 5.41) is 4.18. The van der Waals surface area contributed by atoms with Crippen molar-refractivity contribution in [1.29, 1.82) is 0 Å². The van der Waals surface area contributed by atoms with Crippen LogP contribution in [0.25, 0.3) is 11.0 Å². The Morgan fingerprint density at radius 1 is 0.926 bits per heavy atom. The summed E-state index contributed by atoms with van der Waals surface area (Å²) in [4.78, 5) is 14.0. The Morgan fingerprint density at radius 3 is 2.41 bits per heavy atom. The molecular weight excluding hydrogens is 354 g/mol. The van der Waals surface area contributed by atoms with Gasteiger partial charge < -0.3 is 9.73 Å². The molecule has 1 unspecified atom stereocenters. The van der Waals surface area contributed by atoms with Crippen LogP contribution in [0.1, 0.15) is 27.7 Å². The number of hydrogen-bond donors (Lipinski definition) is 1. The first-order valence-electron chi connectivity index (χ1n) is 8.73. The molecular formula is C23H19NO2S. The van der Waals surface area contributed by atoms with Gasteiger partial charge in [0.15, 0.2) is 0 Å². The number of para-hydroxylation sites is 1. The molecule has 1 amide bonds. The molecule has 0 radical (unpaired) electrons. The van der Waals surface area contributed by atoms with E-state index in [2.05, 4.69) is 5.32 Å². The van der Waals surface area contributed by atoms with Crippen molar-refractivity contribution < 1.29 is 9.21 Å². The van der Waals surface area contributed by atoms with Crippen LogP contribution in [0.15, 0.2) is 94.2 Å². The van der Waals surface area contributed by atoms with E-state index in [0.717, 1.165) is 27.2 Å². The fraction of sp³-hybridized carbons (Fsp3) is 0.0870. The van der Waals surface area contributed by atoms with Crippen molar-refractivity contribution in [1.82, 2.24) is 5.32 Å². The SMILES string of the molecule is CSc1ccccc1C(=O)NC(c1ccccc1)c1cc2ccccc2o1. The molecule has 27 heavy (non-hydrogen) atoms. The van der Waals surface area contributed by atoms with Crippen LogP contribution in [0.2, 0.25) is 0 Å². The van der Waals surface area contributed by atoms with Gasteiger partial charge in [-0.1, -0.05) is 60.7 Å². The molecule has 1 atom stereocenters. The predicted octanol–water partition coefficient (Wildman–Crippen LogP) is 5.67. The molecule has 3 aromatic carbocycles. The van der Waals surface area contributed by atoms with Crippen molar-refractivity contribution in [2.75, 3.05) is 6.26 Å². The zero-order valence-electron chi connectivity index (χ0n) is 14.9. The normalized spacial score (nSPS) is 12.0. The van der Waals surface area contributed by atoms with E-state index >= 15 is 0 Å². The van der Waals surface area contributed by atoms with Crippen LogP contribution in [0.3, 0.4) is 0 Å². The molecule has 4 heteroatoms. The fourth-order valence-electron chi connectivity index (χ4n) is 3.15. The van der Waals surface area contributed by atoms with Gasteiger partial charge in [0, 0.05) is 10.3 Å². The van der Waals surface area contributed by atoms with Gasteiger partial charge in [-0.2, -0.15) is 0 Å². The zero-order valence-corrected chi connectivity index (χ0v) is 15.7. The largest absolute Gasteiger partial charge is 0.459 e. The molecule has 0 aliphatic carbocycles. The predicted molar refractivity (Wildman–Crippen MR) is 110 cm³/mol. The van der Waals surface area contributed by atoms with E-state index in [4.69, 9.17) is 4.42 Å². The van der Waals surface area contributed by atoms with Crippen LogP contribution in [-0.4, -0.2) is 12.2 Å². The van der Waals surface area contributed by atoms with Crippen molar-refractivity contribution in [3.63, 3.8) is 0 Å². The van der Waals surface area contributed by atoms with E-state index < -0.39 is 0 Å². The Bertz CT molecular complexity index is 1040. The summed E-state index contributed by atoms with van der Waals surface area (Å²) in [6.07, 6.45) is 1.97. The third-order valence-corrected chi connectivity index (χ3v) is 5.28. The van der Waals surface area contributed by atoms with E-state index in [1.165, 1.54) is 0 Å². The maximum Gasteiger partial charge on any atom is 0.253 e. The summed E-state index contributed by atoms with van der Waals surface area (Å²) in [5.74, 6) is 0.603. The number of benzene rings is 3. The lowest BCUT2D eigenvalue weighted by molar-refractivity contribution is 0.0936. The highest BCUT2D eigenvalue weighted by atomic mass is 32.2. The standard InChI is InChI=1S/C23H19NO2S/c1-27-21-14-8-6-12-18(21)23(25)24-22(16-9-3-2-4-10-16)20-15-17-11-5-7-13-19(17)26-20/h2-15,22H,1H3,(H,24,25). The van der Waals surface area contributed by atoms with Crippen LogP contribution in [0.4, 0.5) is 0 Å². The molecule has 0 fully saturated rings. The Morgan fingerprint density at radius 2 is 1.63 bits per heavy atom. The molecule has 0 bridgehead atoms. The van der Waals surface area contributed by atoms with Gasteiger partial charge in [-0.25, -0.2) is 0 Å². The molecule has 0 spiro atoms. The lowest BCUT2D eigenvalue weighted by atomic mass is 10.0. The summed E-state index contributed by atoms with van der Waals surface area (Å²) in [5.41, 5.74) is 2.46. The summed E-state index contributed by atoms with van der Waals surface area (Å²) < 4.78 is 6.06. The highest BCUT2D eigenvalue weighted by molar-refractivity contribution is 7.98. The van der Waals surface area contributed by atoms with Gasteiger partial charge >= 0.3 is 0 Å². The minimum Gasteiger partial charge on any atom is -0.459 e. The number of carbonyl (C=O) groups is 1. The van der Waals surface area contributed by atoms with E-state index in [9.17, 15) is 4.79 Å². The molecule has 4 aromatic rings. The van der Waals surface area contributed by atoms with Gasteiger partial charge in [0.2, 0.25) is 0 Å². The average Bonchev–Trinajstić information content (AvgIpc) is 3.16. The Hall–Kier alpha value is -2.98. The van der Waals surface area contributed by atoms with Gasteiger partial charge in [0.25, 0.3) is 5.91 Å². The second-order valence-electron chi connectivity index (χ2n) is 6.20. The number of thioether (sulfide) groups is 1. The number of fused-ring (bicyclic) bond motifs is 1. The first-order valence-corrected chi connectivity index (χ1v) is 9.96. The molecule has 1 heterocycles. The summed E-state index contributed by atoms with van der Waals surface area (Å²) in [7, 11) is 0. The fourth-order valence-corrected chi connectivity index (χ4v) is 3.75. The number of amides is 1.